The summed E-state index contributed by atoms with van der Waals surface area (Å²) in [6.45, 7) is 0.154. The first kappa shape index (κ1) is 17.3. The van der Waals surface area contributed by atoms with Gasteiger partial charge in [0.25, 0.3) is 0 Å². The number of hydrogen-bond donors (Lipinski definition) is 2. The van der Waals surface area contributed by atoms with Crippen LogP contribution in [0.4, 0.5) is 10.5 Å². The molecule has 0 aliphatic carbocycles. The van der Waals surface area contributed by atoms with E-state index in [0.717, 1.165) is 5.56 Å². The van der Waals surface area contributed by atoms with Gasteiger partial charge in [-0.25, -0.2) is 4.79 Å². The van der Waals surface area contributed by atoms with E-state index in [1.807, 2.05) is 30.3 Å². The molecule has 0 unspecified atom stereocenters. The van der Waals surface area contributed by atoms with E-state index in [1.54, 1.807) is 18.2 Å². The summed E-state index contributed by atoms with van der Waals surface area (Å²) in [6, 6.07) is 14.4. The molecular formula is C18H19NO5. The fraction of sp³-hybridized carbons (Fsp3) is 0.222. The minimum atomic E-state index is -0.900. The summed E-state index contributed by atoms with van der Waals surface area (Å²) in [5.74, 6) is -0.337. The Morgan fingerprint density at radius 2 is 1.88 bits per heavy atom. The molecule has 2 N–H and O–H groups in total. The van der Waals surface area contributed by atoms with Crippen molar-refractivity contribution in [3.05, 3.63) is 59.7 Å². The lowest BCUT2D eigenvalue weighted by Gasteiger charge is -2.12. The van der Waals surface area contributed by atoms with Gasteiger partial charge >= 0.3 is 12.1 Å². The highest BCUT2D eigenvalue weighted by Gasteiger charge is 2.11. The summed E-state index contributed by atoms with van der Waals surface area (Å²) in [4.78, 5) is 22.7. The van der Waals surface area contributed by atoms with E-state index in [9.17, 15) is 9.59 Å². The average Bonchev–Trinajstić information content (AvgIpc) is 2.59. The fourth-order valence-electron chi connectivity index (χ4n) is 2.13. The molecule has 1 amide bonds. The van der Waals surface area contributed by atoms with Gasteiger partial charge in [-0.1, -0.05) is 36.4 Å². The predicted octanol–water partition coefficient (Wildman–Crippen LogP) is 3.46. The molecule has 0 saturated heterocycles. The maximum Gasteiger partial charge on any atom is 0.411 e. The molecule has 0 aliphatic rings. The number of benzene rings is 2. The summed E-state index contributed by atoms with van der Waals surface area (Å²) in [6.07, 6.45) is -0.336. The van der Waals surface area contributed by atoms with Crippen molar-refractivity contribution >= 4 is 17.7 Å². The third kappa shape index (κ3) is 5.31. The van der Waals surface area contributed by atoms with Gasteiger partial charge in [0, 0.05) is 12.5 Å². The van der Waals surface area contributed by atoms with Crippen LogP contribution in [0, 0.1) is 0 Å². The summed E-state index contributed by atoms with van der Waals surface area (Å²) < 4.78 is 10.3. The molecule has 0 atom stereocenters. The lowest BCUT2D eigenvalue weighted by molar-refractivity contribution is -0.136. The smallest absolute Gasteiger partial charge is 0.411 e. The number of aryl methyl sites for hydroxylation is 1. The number of methoxy groups -OCH3 is 1. The summed E-state index contributed by atoms with van der Waals surface area (Å²) in [5.41, 5.74) is 2.06. The van der Waals surface area contributed by atoms with Gasteiger partial charge in [-0.3, -0.25) is 10.1 Å². The van der Waals surface area contributed by atoms with Crippen LogP contribution in [-0.4, -0.2) is 24.3 Å². The highest BCUT2D eigenvalue weighted by molar-refractivity contribution is 5.86. The maximum atomic E-state index is 12.0. The van der Waals surface area contributed by atoms with Crippen LogP contribution in [0.5, 0.6) is 5.75 Å². The molecule has 0 saturated carbocycles. The fourth-order valence-corrected chi connectivity index (χ4v) is 2.13. The van der Waals surface area contributed by atoms with Gasteiger partial charge in [-0.15, -0.1) is 0 Å². The topological polar surface area (TPSA) is 84.9 Å². The molecule has 0 heterocycles. The summed E-state index contributed by atoms with van der Waals surface area (Å²) in [5, 5.41) is 11.5. The molecule has 0 spiro atoms. The first-order valence-electron chi connectivity index (χ1n) is 7.45. The van der Waals surface area contributed by atoms with Crippen LogP contribution < -0.4 is 10.1 Å². The van der Waals surface area contributed by atoms with Crippen LogP contribution in [0.25, 0.3) is 0 Å². The van der Waals surface area contributed by atoms with Gasteiger partial charge in [0.15, 0.2) is 0 Å². The first-order chi connectivity index (χ1) is 11.6. The number of rotatable bonds is 7. The SMILES string of the molecule is COc1ccc(CCC(=O)O)c(NC(=O)OCc2ccccc2)c1. The number of carboxylic acids is 1. The largest absolute Gasteiger partial charge is 0.497 e. The first-order valence-corrected chi connectivity index (χ1v) is 7.45. The molecule has 2 rings (SSSR count). The van der Waals surface area contributed by atoms with Crippen LogP contribution in [-0.2, 0) is 22.6 Å². The predicted molar refractivity (Wildman–Crippen MR) is 89.2 cm³/mol. The zero-order chi connectivity index (χ0) is 17.4. The van der Waals surface area contributed by atoms with Crippen molar-refractivity contribution in [2.75, 3.05) is 12.4 Å². The molecule has 0 aromatic heterocycles. The number of ether oxygens (including phenoxy) is 2. The zero-order valence-corrected chi connectivity index (χ0v) is 13.3. The Morgan fingerprint density at radius 3 is 2.54 bits per heavy atom. The Morgan fingerprint density at radius 1 is 1.12 bits per heavy atom. The molecule has 126 valence electrons. The second kappa shape index (κ2) is 8.57. The number of hydrogen-bond acceptors (Lipinski definition) is 4. The Balaban J connectivity index is 2.02. The Kier molecular flexibility index (Phi) is 6.19. The maximum absolute atomic E-state index is 12.0. The number of carbonyl (C=O) groups excluding carboxylic acids is 1. The Hall–Kier alpha value is -3.02. The summed E-state index contributed by atoms with van der Waals surface area (Å²) >= 11 is 0. The molecule has 2 aromatic rings. The van der Waals surface area contributed by atoms with Gasteiger partial charge in [-0.2, -0.15) is 0 Å². The van der Waals surface area contributed by atoms with E-state index in [1.165, 1.54) is 7.11 Å². The van der Waals surface area contributed by atoms with E-state index in [4.69, 9.17) is 14.6 Å². The van der Waals surface area contributed by atoms with Crippen molar-refractivity contribution in [2.45, 2.75) is 19.4 Å². The molecule has 2 aromatic carbocycles. The number of anilines is 1. The lowest BCUT2D eigenvalue weighted by Crippen LogP contribution is -2.15. The van der Waals surface area contributed by atoms with Crippen molar-refractivity contribution in [1.82, 2.24) is 0 Å². The van der Waals surface area contributed by atoms with E-state index in [2.05, 4.69) is 5.32 Å². The molecule has 0 radical (unpaired) electrons. The van der Waals surface area contributed by atoms with Crippen LogP contribution in [0.1, 0.15) is 17.5 Å². The monoisotopic (exact) mass is 329 g/mol. The normalized spacial score (nSPS) is 10.0. The van der Waals surface area contributed by atoms with Crippen LogP contribution in [0.3, 0.4) is 0 Å². The van der Waals surface area contributed by atoms with Crippen molar-refractivity contribution in [3.8, 4) is 5.75 Å². The van der Waals surface area contributed by atoms with Gasteiger partial charge in [0.05, 0.1) is 12.8 Å². The number of aliphatic carboxylic acids is 1. The Labute approximate surface area is 140 Å². The van der Waals surface area contributed by atoms with Crippen LogP contribution >= 0.6 is 0 Å². The highest BCUT2D eigenvalue weighted by atomic mass is 16.5. The van der Waals surface area contributed by atoms with E-state index in [-0.39, 0.29) is 13.0 Å². The minimum Gasteiger partial charge on any atom is -0.497 e. The van der Waals surface area contributed by atoms with E-state index < -0.39 is 12.1 Å². The minimum absolute atomic E-state index is 0.0277. The van der Waals surface area contributed by atoms with E-state index in [0.29, 0.717) is 23.4 Å². The zero-order valence-electron chi connectivity index (χ0n) is 13.3. The van der Waals surface area contributed by atoms with Gasteiger partial charge in [0.2, 0.25) is 0 Å². The molecular weight excluding hydrogens is 310 g/mol. The molecule has 0 aliphatic heterocycles. The van der Waals surface area contributed by atoms with Crippen molar-refractivity contribution in [1.29, 1.82) is 0 Å². The highest BCUT2D eigenvalue weighted by Crippen LogP contribution is 2.24. The molecule has 6 nitrogen and oxygen atoms in total. The number of nitrogens with one attached hydrogen (secondary N) is 1. The van der Waals surface area contributed by atoms with Gasteiger partial charge < -0.3 is 14.6 Å². The standard InChI is InChI=1S/C18H19NO5/c1-23-15-9-7-14(8-10-17(20)21)16(11-15)19-18(22)24-12-13-5-3-2-4-6-13/h2-7,9,11H,8,10,12H2,1H3,(H,19,22)(H,20,21). The lowest BCUT2D eigenvalue weighted by atomic mass is 10.1. The second-order valence-corrected chi connectivity index (χ2v) is 5.10. The van der Waals surface area contributed by atoms with E-state index >= 15 is 0 Å². The van der Waals surface area contributed by atoms with Crippen LogP contribution in [0.15, 0.2) is 48.5 Å². The quantitative estimate of drug-likeness (QED) is 0.812. The van der Waals surface area contributed by atoms with Gasteiger partial charge in [0.1, 0.15) is 12.4 Å². The van der Waals surface area contributed by atoms with Gasteiger partial charge in [-0.05, 0) is 23.6 Å². The number of carbonyl (C=O) groups is 2. The Bertz CT molecular complexity index is 700. The summed E-state index contributed by atoms with van der Waals surface area (Å²) in [7, 11) is 1.52. The number of carboxylic acid groups (broad SMARTS) is 1. The third-order valence-electron chi connectivity index (χ3n) is 3.37. The second-order valence-electron chi connectivity index (χ2n) is 5.10. The molecule has 6 heteroatoms. The third-order valence-corrected chi connectivity index (χ3v) is 3.37. The van der Waals surface area contributed by atoms with Crippen molar-refractivity contribution in [3.63, 3.8) is 0 Å². The van der Waals surface area contributed by atoms with Crippen LogP contribution in [0.2, 0.25) is 0 Å². The number of amides is 1. The molecule has 24 heavy (non-hydrogen) atoms. The van der Waals surface area contributed by atoms with Crippen molar-refractivity contribution < 1.29 is 24.2 Å². The van der Waals surface area contributed by atoms with Crippen molar-refractivity contribution in [2.24, 2.45) is 0 Å². The molecule has 0 fully saturated rings. The molecule has 0 bridgehead atoms. The average molecular weight is 329 g/mol.